The molecule has 0 aliphatic heterocycles. The Labute approximate surface area is 95.5 Å². The number of esters is 1. The zero-order valence-corrected chi connectivity index (χ0v) is 9.75. The van der Waals surface area contributed by atoms with E-state index >= 15 is 0 Å². The van der Waals surface area contributed by atoms with Crippen LogP contribution in [0.3, 0.4) is 0 Å². The third-order valence-electron chi connectivity index (χ3n) is 4.57. The molecule has 4 nitrogen and oxygen atoms in total. The molecule has 90 valence electrons. The lowest BCUT2D eigenvalue weighted by Gasteiger charge is -2.51. The van der Waals surface area contributed by atoms with Crippen molar-refractivity contribution >= 4 is 11.9 Å². The molecule has 3 saturated carbocycles. The monoisotopic (exact) mass is 225 g/mol. The predicted octanol–water partition coefficient (Wildman–Crippen LogP) is 1.38. The van der Waals surface area contributed by atoms with Gasteiger partial charge < -0.3 is 10.5 Å². The van der Waals surface area contributed by atoms with Crippen LogP contribution < -0.4 is 5.73 Å². The number of hydrogen-bond donors (Lipinski definition) is 1. The van der Waals surface area contributed by atoms with Gasteiger partial charge >= 0.3 is 5.97 Å². The van der Waals surface area contributed by atoms with Gasteiger partial charge in [0.15, 0.2) is 0 Å². The fourth-order valence-electron chi connectivity index (χ4n) is 3.42. The zero-order valence-electron chi connectivity index (χ0n) is 9.75. The number of nitrogens with two attached hydrogens (primary N) is 1. The minimum Gasteiger partial charge on any atom is -0.469 e. The van der Waals surface area contributed by atoms with E-state index in [0.29, 0.717) is 6.42 Å². The molecule has 0 heterocycles. The highest BCUT2D eigenvalue weighted by Gasteiger charge is 2.53. The summed E-state index contributed by atoms with van der Waals surface area (Å²) in [6, 6.07) is 0. The van der Waals surface area contributed by atoms with Crippen molar-refractivity contribution < 1.29 is 14.3 Å². The number of carbonyl (C=O) groups excluding carboxylic acids is 2. The lowest BCUT2D eigenvalue weighted by molar-refractivity contribution is -0.163. The first kappa shape index (κ1) is 11.4. The van der Waals surface area contributed by atoms with Crippen molar-refractivity contribution in [2.45, 2.75) is 44.9 Å². The molecule has 16 heavy (non-hydrogen) atoms. The first-order valence-electron chi connectivity index (χ1n) is 5.89. The van der Waals surface area contributed by atoms with Crippen molar-refractivity contribution in [3.05, 3.63) is 0 Å². The number of hydrogen-bond acceptors (Lipinski definition) is 3. The quantitative estimate of drug-likeness (QED) is 0.737. The number of fused-ring (bicyclic) bond motifs is 3. The Morgan fingerprint density at radius 2 is 1.62 bits per heavy atom. The molecule has 0 aromatic carbocycles. The van der Waals surface area contributed by atoms with Gasteiger partial charge in [0.05, 0.1) is 12.5 Å². The Morgan fingerprint density at radius 3 is 2.00 bits per heavy atom. The summed E-state index contributed by atoms with van der Waals surface area (Å²) in [7, 11) is 1.46. The van der Waals surface area contributed by atoms with Crippen molar-refractivity contribution in [1.82, 2.24) is 0 Å². The van der Waals surface area contributed by atoms with E-state index in [2.05, 4.69) is 0 Å². The Morgan fingerprint density at radius 1 is 1.12 bits per heavy atom. The van der Waals surface area contributed by atoms with Crippen molar-refractivity contribution in [3.8, 4) is 0 Å². The number of primary amides is 1. The Kier molecular flexibility index (Phi) is 2.68. The van der Waals surface area contributed by atoms with Gasteiger partial charge in [-0.25, -0.2) is 0 Å². The summed E-state index contributed by atoms with van der Waals surface area (Å²) < 4.78 is 4.89. The van der Waals surface area contributed by atoms with Gasteiger partial charge in [-0.15, -0.1) is 0 Å². The fraction of sp³-hybridized carbons (Fsp3) is 0.833. The molecule has 3 fully saturated rings. The van der Waals surface area contributed by atoms with Crippen molar-refractivity contribution in [2.75, 3.05) is 7.11 Å². The standard InChI is InChI=1S/C12H19NO3/c1-16-10(15)12-5-2-11(3-6-12,4-7-12)8-9(13)14/h2-8H2,1H3,(H2,13,14). The van der Waals surface area contributed by atoms with E-state index in [1.807, 2.05) is 0 Å². The fourth-order valence-corrected chi connectivity index (χ4v) is 3.42. The summed E-state index contributed by atoms with van der Waals surface area (Å²) in [6.45, 7) is 0. The van der Waals surface area contributed by atoms with Gasteiger partial charge in [-0.3, -0.25) is 9.59 Å². The van der Waals surface area contributed by atoms with E-state index in [9.17, 15) is 9.59 Å². The minimum absolute atomic E-state index is 0.0696. The van der Waals surface area contributed by atoms with E-state index in [1.165, 1.54) is 7.11 Å². The van der Waals surface area contributed by atoms with Gasteiger partial charge in [0.25, 0.3) is 0 Å². The molecule has 0 spiro atoms. The summed E-state index contributed by atoms with van der Waals surface area (Å²) in [5, 5.41) is 0. The van der Waals surface area contributed by atoms with Gasteiger partial charge in [-0.2, -0.15) is 0 Å². The molecule has 0 radical (unpaired) electrons. The third-order valence-corrected chi connectivity index (χ3v) is 4.57. The first-order chi connectivity index (χ1) is 7.52. The highest BCUT2D eigenvalue weighted by atomic mass is 16.5. The largest absolute Gasteiger partial charge is 0.469 e. The van der Waals surface area contributed by atoms with E-state index < -0.39 is 0 Å². The van der Waals surface area contributed by atoms with Crippen LogP contribution in [0.1, 0.15) is 44.9 Å². The average molecular weight is 225 g/mol. The van der Waals surface area contributed by atoms with Crippen LogP contribution in [0.4, 0.5) is 0 Å². The molecule has 0 unspecified atom stereocenters. The lowest BCUT2D eigenvalue weighted by atomic mass is 9.53. The SMILES string of the molecule is COC(=O)C12CCC(CC(N)=O)(CC1)CC2. The Balaban J connectivity index is 2.08. The molecule has 1 amide bonds. The maximum absolute atomic E-state index is 11.8. The molecule has 2 N–H and O–H groups in total. The summed E-state index contributed by atoms with van der Waals surface area (Å²) in [5.74, 6) is -0.285. The highest BCUT2D eigenvalue weighted by Crippen LogP contribution is 2.58. The lowest BCUT2D eigenvalue weighted by Crippen LogP contribution is -2.47. The Bertz CT molecular complexity index is 300. The second-order valence-corrected chi connectivity index (χ2v) is 5.42. The van der Waals surface area contributed by atoms with Crippen molar-refractivity contribution in [2.24, 2.45) is 16.6 Å². The normalized spacial score (nSPS) is 37.1. The molecule has 0 aromatic rings. The van der Waals surface area contributed by atoms with E-state index in [0.717, 1.165) is 38.5 Å². The van der Waals surface area contributed by atoms with Crippen LogP contribution in [0, 0.1) is 10.8 Å². The smallest absolute Gasteiger partial charge is 0.311 e. The third kappa shape index (κ3) is 1.70. The number of rotatable bonds is 3. The maximum Gasteiger partial charge on any atom is 0.311 e. The van der Waals surface area contributed by atoms with Gasteiger partial charge in [0, 0.05) is 6.42 Å². The molecule has 0 aromatic heterocycles. The molecule has 3 rings (SSSR count). The molecule has 3 aliphatic carbocycles. The molecule has 3 aliphatic rings. The highest BCUT2D eigenvalue weighted by molar-refractivity contribution is 5.78. The van der Waals surface area contributed by atoms with Crippen LogP contribution in [0.2, 0.25) is 0 Å². The molecule has 0 saturated heterocycles. The summed E-state index contributed by atoms with van der Waals surface area (Å²) in [5.41, 5.74) is 5.12. The minimum atomic E-state index is -0.256. The molecular formula is C12H19NO3. The first-order valence-corrected chi connectivity index (χ1v) is 5.89. The number of amides is 1. The second kappa shape index (κ2) is 3.75. The van der Waals surface area contributed by atoms with Gasteiger partial charge in [0.1, 0.15) is 0 Å². The maximum atomic E-state index is 11.8. The van der Waals surface area contributed by atoms with Crippen LogP contribution >= 0.6 is 0 Å². The zero-order chi connectivity index (χ0) is 11.8. The molecule has 0 atom stereocenters. The second-order valence-electron chi connectivity index (χ2n) is 5.42. The van der Waals surface area contributed by atoms with Crippen molar-refractivity contribution in [1.29, 1.82) is 0 Å². The van der Waals surface area contributed by atoms with Crippen LogP contribution in [-0.2, 0) is 14.3 Å². The number of methoxy groups -OCH3 is 1. The predicted molar refractivity (Wildman–Crippen MR) is 58.4 cm³/mol. The number of carbonyl (C=O) groups is 2. The van der Waals surface area contributed by atoms with Gasteiger partial charge in [-0.1, -0.05) is 0 Å². The summed E-state index contributed by atoms with van der Waals surface area (Å²) in [4.78, 5) is 22.8. The van der Waals surface area contributed by atoms with Crippen LogP contribution in [0.25, 0.3) is 0 Å². The topological polar surface area (TPSA) is 69.4 Å². The van der Waals surface area contributed by atoms with E-state index in [-0.39, 0.29) is 22.7 Å². The van der Waals surface area contributed by atoms with Gasteiger partial charge in [-0.05, 0) is 43.9 Å². The molecule has 4 heteroatoms. The summed E-state index contributed by atoms with van der Waals surface area (Å²) in [6.07, 6.45) is 5.85. The van der Waals surface area contributed by atoms with E-state index in [4.69, 9.17) is 10.5 Å². The number of ether oxygens (including phenoxy) is 1. The molecular weight excluding hydrogens is 206 g/mol. The van der Waals surface area contributed by atoms with E-state index in [1.54, 1.807) is 0 Å². The average Bonchev–Trinajstić information content (AvgIpc) is 2.29. The molecule has 2 bridgehead atoms. The van der Waals surface area contributed by atoms with Gasteiger partial charge in [0.2, 0.25) is 5.91 Å². The Hall–Kier alpha value is -1.06. The van der Waals surface area contributed by atoms with Crippen LogP contribution in [0.15, 0.2) is 0 Å². The summed E-state index contributed by atoms with van der Waals surface area (Å²) >= 11 is 0. The van der Waals surface area contributed by atoms with Crippen LogP contribution in [0.5, 0.6) is 0 Å². The van der Waals surface area contributed by atoms with Crippen LogP contribution in [-0.4, -0.2) is 19.0 Å². The van der Waals surface area contributed by atoms with Crippen molar-refractivity contribution in [3.63, 3.8) is 0 Å².